The van der Waals surface area contributed by atoms with Crippen LogP contribution in [-0.2, 0) is 19.5 Å². The van der Waals surface area contributed by atoms with Gasteiger partial charge in [-0.25, -0.2) is 13.2 Å². The molecular formula is C21H18N2O7S. The molecule has 160 valence electrons. The minimum absolute atomic E-state index is 0.0383. The molecule has 0 aromatic heterocycles. The van der Waals surface area contributed by atoms with Gasteiger partial charge in [-0.1, -0.05) is 36.4 Å². The van der Waals surface area contributed by atoms with Crippen LogP contribution in [0.2, 0.25) is 0 Å². The summed E-state index contributed by atoms with van der Waals surface area (Å²) in [5, 5.41) is 12.4. The van der Waals surface area contributed by atoms with Crippen molar-refractivity contribution in [2.75, 3.05) is 17.1 Å². The van der Waals surface area contributed by atoms with Crippen molar-refractivity contribution >= 4 is 32.9 Å². The third-order valence-corrected chi connectivity index (χ3v) is 4.67. The summed E-state index contributed by atoms with van der Waals surface area (Å²) in [4.78, 5) is 28.3. The highest BCUT2D eigenvalue weighted by atomic mass is 32.2. The molecule has 0 aliphatic rings. The molecule has 0 unspecified atom stereocenters. The van der Waals surface area contributed by atoms with Gasteiger partial charge in [-0.3, -0.25) is 10.1 Å². The highest BCUT2D eigenvalue weighted by molar-refractivity contribution is 7.91. The average Bonchev–Trinajstić information content (AvgIpc) is 2.72. The lowest BCUT2D eigenvalue weighted by molar-refractivity contribution is -0.384. The summed E-state index contributed by atoms with van der Waals surface area (Å²) < 4.78 is 28.8. The first-order valence-electron chi connectivity index (χ1n) is 8.98. The van der Waals surface area contributed by atoms with E-state index in [0.717, 1.165) is 11.3 Å². The molecule has 0 spiro atoms. The van der Waals surface area contributed by atoms with Crippen molar-refractivity contribution in [1.82, 2.24) is 0 Å². The second-order valence-corrected chi connectivity index (χ2v) is 8.63. The molecule has 0 aliphatic heterocycles. The maximum Gasteiger partial charge on any atom is 0.347 e. The standard InChI is InChI=1S/C21H18N2O7S/c1-31(27,28)15-21(24)30-22(16-8-4-2-5-9-16)19-13-12-17(23(25)26)14-20(19)29-18-10-6-3-7-11-18/h2-14H,15H2,1H3. The third kappa shape index (κ3) is 6.03. The van der Waals surface area contributed by atoms with Gasteiger partial charge in [0.05, 0.1) is 16.7 Å². The summed E-state index contributed by atoms with van der Waals surface area (Å²) in [5.74, 6) is -1.41. The monoisotopic (exact) mass is 442 g/mol. The maximum atomic E-state index is 12.3. The number of hydrogen-bond donors (Lipinski definition) is 0. The fourth-order valence-corrected chi connectivity index (χ4v) is 3.11. The molecule has 3 rings (SSSR count). The van der Waals surface area contributed by atoms with Crippen LogP contribution in [0.25, 0.3) is 0 Å². The van der Waals surface area contributed by atoms with Crippen molar-refractivity contribution in [2.24, 2.45) is 0 Å². The van der Waals surface area contributed by atoms with Gasteiger partial charge in [0.2, 0.25) is 0 Å². The van der Waals surface area contributed by atoms with Gasteiger partial charge in [-0.15, -0.1) is 0 Å². The zero-order valence-electron chi connectivity index (χ0n) is 16.4. The maximum absolute atomic E-state index is 12.3. The normalized spacial score (nSPS) is 10.9. The Morgan fingerprint density at radius 1 is 1.00 bits per heavy atom. The van der Waals surface area contributed by atoms with E-state index in [9.17, 15) is 23.3 Å². The smallest absolute Gasteiger partial charge is 0.347 e. The Morgan fingerprint density at radius 3 is 2.19 bits per heavy atom. The Balaban J connectivity index is 2.08. The van der Waals surface area contributed by atoms with E-state index < -0.39 is 26.5 Å². The average molecular weight is 442 g/mol. The molecule has 0 atom stereocenters. The zero-order chi connectivity index (χ0) is 22.4. The van der Waals surface area contributed by atoms with E-state index in [-0.39, 0.29) is 17.1 Å². The quantitative estimate of drug-likeness (QED) is 0.379. The first-order chi connectivity index (χ1) is 14.7. The van der Waals surface area contributed by atoms with E-state index in [2.05, 4.69) is 0 Å². The van der Waals surface area contributed by atoms with Gasteiger partial charge in [-0.2, -0.15) is 5.06 Å². The summed E-state index contributed by atoms with van der Waals surface area (Å²) in [6, 6.07) is 20.7. The van der Waals surface area contributed by atoms with Gasteiger partial charge in [0.15, 0.2) is 15.6 Å². The van der Waals surface area contributed by atoms with E-state index in [0.29, 0.717) is 11.4 Å². The number of rotatable bonds is 8. The number of non-ortho nitro benzene ring substituents is 1. The number of nitro groups is 1. The number of hydrogen-bond acceptors (Lipinski definition) is 8. The molecule has 0 bridgehead atoms. The number of benzene rings is 3. The molecule has 0 saturated carbocycles. The zero-order valence-corrected chi connectivity index (χ0v) is 17.2. The van der Waals surface area contributed by atoms with Crippen LogP contribution in [0, 0.1) is 10.1 Å². The molecule has 0 saturated heterocycles. The number of nitrogens with zero attached hydrogens (tertiary/aromatic N) is 2. The largest absolute Gasteiger partial charge is 0.455 e. The number of ether oxygens (including phenoxy) is 1. The lowest BCUT2D eigenvalue weighted by atomic mass is 10.2. The highest BCUT2D eigenvalue weighted by Gasteiger charge is 2.24. The summed E-state index contributed by atoms with van der Waals surface area (Å²) in [6.45, 7) is 0. The number of anilines is 2. The molecule has 0 amide bonds. The first-order valence-corrected chi connectivity index (χ1v) is 11.0. The second kappa shape index (κ2) is 9.26. The van der Waals surface area contributed by atoms with Crippen LogP contribution in [0.4, 0.5) is 17.1 Å². The highest BCUT2D eigenvalue weighted by Crippen LogP contribution is 2.39. The van der Waals surface area contributed by atoms with Crippen LogP contribution in [0.5, 0.6) is 11.5 Å². The van der Waals surface area contributed by atoms with Gasteiger partial charge in [0, 0.05) is 12.3 Å². The molecule has 3 aromatic carbocycles. The van der Waals surface area contributed by atoms with Crippen LogP contribution in [0.3, 0.4) is 0 Å². The Kier molecular flexibility index (Phi) is 6.51. The van der Waals surface area contributed by atoms with Crippen molar-refractivity contribution in [3.8, 4) is 11.5 Å². The van der Waals surface area contributed by atoms with Gasteiger partial charge >= 0.3 is 5.97 Å². The Labute approximate surface area is 178 Å². The van der Waals surface area contributed by atoms with Crippen molar-refractivity contribution in [3.05, 3.63) is 89.0 Å². The van der Waals surface area contributed by atoms with E-state index in [1.54, 1.807) is 60.7 Å². The molecule has 0 N–H and O–H groups in total. The first kappa shape index (κ1) is 21.8. The minimum atomic E-state index is -3.63. The molecule has 0 heterocycles. The SMILES string of the molecule is CS(=O)(=O)CC(=O)ON(c1ccccc1)c1ccc([N+](=O)[O-])cc1Oc1ccccc1. The molecule has 31 heavy (non-hydrogen) atoms. The topological polar surface area (TPSA) is 116 Å². The minimum Gasteiger partial charge on any atom is -0.455 e. The summed E-state index contributed by atoms with van der Waals surface area (Å²) in [5.41, 5.74) is 0.323. The van der Waals surface area contributed by atoms with Gasteiger partial charge in [0.25, 0.3) is 5.69 Å². The fourth-order valence-electron chi connectivity index (χ4n) is 2.63. The Morgan fingerprint density at radius 2 is 1.61 bits per heavy atom. The van der Waals surface area contributed by atoms with E-state index in [4.69, 9.17) is 9.57 Å². The summed E-state index contributed by atoms with van der Waals surface area (Å²) in [7, 11) is -3.63. The van der Waals surface area contributed by atoms with Crippen LogP contribution in [-0.4, -0.2) is 31.3 Å². The predicted octanol–water partition coefficient (Wildman–Crippen LogP) is 4.03. The molecule has 0 fully saturated rings. The van der Waals surface area contributed by atoms with Gasteiger partial charge in [0.1, 0.15) is 17.2 Å². The van der Waals surface area contributed by atoms with E-state index in [1.807, 2.05) is 0 Å². The van der Waals surface area contributed by atoms with Crippen molar-refractivity contribution < 1.29 is 27.7 Å². The van der Waals surface area contributed by atoms with Crippen LogP contribution < -0.4 is 9.80 Å². The van der Waals surface area contributed by atoms with Crippen molar-refractivity contribution in [2.45, 2.75) is 0 Å². The van der Waals surface area contributed by atoms with E-state index in [1.165, 1.54) is 18.2 Å². The number of para-hydroxylation sites is 2. The van der Waals surface area contributed by atoms with Crippen molar-refractivity contribution in [1.29, 1.82) is 0 Å². The second-order valence-electron chi connectivity index (χ2n) is 6.49. The molecule has 10 heteroatoms. The van der Waals surface area contributed by atoms with Gasteiger partial charge < -0.3 is 9.57 Å². The van der Waals surface area contributed by atoms with Crippen LogP contribution >= 0.6 is 0 Å². The van der Waals surface area contributed by atoms with Gasteiger partial charge in [-0.05, 0) is 30.3 Å². The number of carbonyl (C=O) groups is 1. The molecular weight excluding hydrogens is 424 g/mol. The predicted molar refractivity (Wildman–Crippen MR) is 114 cm³/mol. The number of carbonyl (C=O) groups excluding carboxylic acids is 1. The third-order valence-electron chi connectivity index (χ3n) is 3.91. The van der Waals surface area contributed by atoms with E-state index >= 15 is 0 Å². The summed E-state index contributed by atoms with van der Waals surface area (Å²) in [6.07, 6.45) is 0.914. The fraction of sp³-hybridized carbons (Fsp3) is 0.0952. The van der Waals surface area contributed by atoms with Crippen LogP contribution in [0.15, 0.2) is 78.9 Å². The Bertz CT molecular complexity index is 1180. The molecule has 0 aliphatic carbocycles. The van der Waals surface area contributed by atoms with Crippen molar-refractivity contribution in [3.63, 3.8) is 0 Å². The molecule has 3 aromatic rings. The molecule has 0 radical (unpaired) electrons. The molecule has 9 nitrogen and oxygen atoms in total. The Hall–Kier alpha value is -3.92. The lowest BCUT2D eigenvalue weighted by Crippen LogP contribution is -2.27. The summed E-state index contributed by atoms with van der Waals surface area (Å²) >= 11 is 0. The van der Waals surface area contributed by atoms with Crippen LogP contribution in [0.1, 0.15) is 0 Å². The lowest BCUT2D eigenvalue weighted by Gasteiger charge is -2.25. The number of sulfone groups is 1. The number of nitro benzene ring substituents is 1.